The summed E-state index contributed by atoms with van der Waals surface area (Å²) in [4.78, 5) is 13.4. The number of nitro groups is 1. The van der Waals surface area contributed by atoms with Crippen LogP contribution in [0.2, 0.25) is 0 Å². The lowest BCUT2D eigenvalue weighted by Crippen LogP contribution is -2.33. The van der Waals surface area contributed by atoms with E-state index in [0.717, 1.165) is 18.2 Å². The van der Waals surface area contributed by atoms with Gasteiger partial charge in [0.25, 0.3) is 11.8 Å². The summed E-state index contributed by atoms with van der Waals surface area (Å²) in [7, 11) is 0. The van der Waals surface area contributed by atoms with Crippen LogP contribution in [0.3, 0.4) is 0 Å². The van der Waals surface area contributed by atoms with Gasteiger partial charge in [0.1, 0.15) is 11.5 Å². The fourth-order valence-electron chi connectivity index (χ4n) is 2.15. The second-order valence-corrected chi connectivity index (χ2v) is 4.69. The zero-order valence-corrected chi connectivity index (χ0v) is 11.4. The highest BCUT2D eigenvalue weighted by Gasteiger charge is 2.44. The Labute approximate surface area is 130 Å². The fourth-order valence-corrected chi connectivity index (χ4v) is 2.15. The molecule has 24 heavy (non-hydrogen) atoms. The van der Waals surface area contributed by atoms with E-state index in [-0.39, 0.29) is 11.3 Å². The van der Waals surface area contributed by atoms with E-state index in [2.05, 4.69) is 15.2 Å². The van der Waals surface area contributed by atoms with Crippen LogP contribution >= 0.6 is 0 Å². The molecule has 1 unspecified atom stereocenters. The molecule has 3 N–H and O–H groups in total. The normalized spacial score (nSPS) is 17.0. The first-order chi connectivity index (χ1) is 11.2. The Morgan fingerprint density at radius 2 is 2.04 bits per heavy atom. The van der Waals surface area contributed by atoms with Gasteiger partial charge in [0.05, 0.1) is 5.10 Å². The standard InChI is InChI=1S/C11H7F3N6O4/c12-11(13,14)9-15-10-17-16-8(20(23)24)7(19(10)18-9)5-2-1-4(21)3-6(5)22/h1-3,7,21-22H,(H,15,17,18). The van der Waals surface area contributed by atoms with E-state index in [1.807, 2.05) is 5.43 Å². The first-order valence-corrected chi connectivity index (χ1v) is 6.22. The third-order valence-electron chi connectivity index (χ3n) is 3.14. The van der Waals surface area contributed by atoms with Gasteiger partial charge in [0.2, 0.25) is 0 Å². The third kappa shape index (κ3) is 2.45. The number of aromatic nitrogens is 3. The van der Waals surface area contributed by atoms with E-state index < -0.39 is 40.5 Å². The molecule has 0 saturated heterocycles. The minimum absolute atomic E-state index is 0.176. The number of anilines is 1. The number of amidine groups is 1. The molecule has 1 aliphatic heterocycles. The topological polar surface area (TPSA) is 139 Å². The van der Waals surface area contributed by atoms with Gasteiger partial charge < -0.3 is 20.3 Å². The highest BCUT2D eigenvalue weighted by molar-refractivity contribution is 5.85. The minimum atomic E-state index is -4.87. The molecule has 0 fully saturated rings. The number of phenols is 2. The first kappa shape index (κ1) is 15.5. The van der Waals surface area contributed by atoms with Crippen LogP contribution in [0.1, 0.15) is 17.4 Å². The van der Waals surface area contributed by atoms with E-state index >= 15 is 0 Å². The summed E-state index contributed by atoms with van der Waals surface area (Å²) < 4.78 is 38.9. The van der Waals surface area contributed by atoms with E-state index in [1.165, 1.54) is 0 Å². The number of halogens is 3. The van der Waals surface area contributed by atoms with Crippen molar-refractivity contribution in [2.24, 2.45) is 5.10 Å². The Hall–Kier alpha value is -3.38. The summed E-state index contributed by atoms with van der Waals surface area (Å²) in [5.74, 6) is -3.72. The predicted molar refractivity (Wildman–Crippen MR) is 71.0 cm³/mol. The largest absolute Gasteiger partial charge is 0.508 e. The van der Waals surface area contributed by atoms with Gasteiger partial charge in [-0.25, -0.2) is 4.68 Å². The Kier molecular flexibility index (Phi) is 3.28. The highest BCUT2D eigenvalue weighted by atomic mass is 19.4. The molecule has 10 nitrogen and oxygen atoms in total. The molecule has 2 heterocycles. The van der Waals surface area contributed by atoms with Gasteiger partial charge in [-0.3, -0.25) is 0 Å². The summed E-state index contributed by atoms with van der Waals surface area (Å²) in [6.45, 7) is 0. The molecule has 0 radical (unpaired) electrons. The molecular formula is C11H7F3N6O4. The molecule has 2 aromatic rings. The quantitative estimate of drug-likeness (QED) is 0.523. The number of alkyl halides is 3. The average Bonchev–Trinajstić information content (AvgIpc) is 2.90. The maximum Gasteiger partial charge on any atom is 0.453 e. The zero-order valence-electron chi connectivity index (χ0n) is 11.4. The highest BCUT2D eigenvalue weighted by Crippen LogP contribution is 2.36. The van der Waals surface area contributed by atoms with Crippen molar-refractivity contribution in [2.75, 3.05) is 5.43 Å². The van der Waals surface area contributed by atoms with E-state index in [1.54, 1.807) is 0 Å². The second kappa shape index (κ2) is 5.07. The molecule has 1 atom stereocenters. The van der Waals surface area contributed by atoms with Gasteiger partial charge in [-0.2, -0.15) is 18.2 Å². The van der Waals surface area contributed by atoms with Crippen LogP contribution in [0.25, 0.3) is 0 Å². The Bertz CT molecular complexity index is 862. The van der Waals surface area contributed by atoms with E-state index in [0.29, 0.717) is 4.68 Å². The molecule has 0 spiro atoms. The third-order valence-corrected chi connectivity index (χ3v) is 3.14. The number of hydrogen-bond acceptors (Lipinski definition) is 8. The van der Waals surface area contributed by atoms with Gasteiger partial charge in [-0.05, 0) is 17.1 Å². The molecule has 126 valence electrons. The van der Waals surface area contributed by atoms with Crippen molar-refractivity contribution in [1.29, 1.82) is 0 Å². The number of fused-ring (bicyclic) bond motifs is 1. The number of nitrogens with one attached hydrogen (secondary N) is 1. The average molecular weight is 344 g/mol. The van der Waals surface area contributed by atoms with E-state index in [4.69, 9.17) is 0 Å². The molecule has 0 aliphatic carbocycles. The van der Waals surface area contributed by atoms with Gasteiger partial charge in [0.15, 0.2) is 6.04 Å². The van der Waals surface area contributed by atoms with Gasteiger partial charge >= 0.3 is 12.0 Å². The van der Waals surface area contributed by atoms with Gasteiger partial charge in [-0.1, -0.05) is 0 Å². The monoisotopic (exact) mass is 344 g/mol. The van der Waals surface area contributed by atoms with Crippen molar-refractivity contribution in [3.05, 3.63) is 39.7 Å². The lowest BCUT2D eigenvalue weighted by molar-refractivity contribution is -0.355. The lowest BCUT2D eigenvalue weighted by Gasteiger charge is -2.19. The second-order valence-electron chi connectivity index (χ2n) is 4.69. The molecular weight excluding hydrogens is 337 g/mol. The van der Waals surface area contributed by atoms with Crippen molar-refractivity contribution in [1.82, 2.24) is 14.8 Å². The summed E-state index contributed by atoms with van der Waals surface area (Å²) in [6.07, 6.45) is -4.87. The van der Waals surface area contributed by atoms with Crippen LogP contribution in [0, 0.1) is 10.1 Å². The summed E-state index contributed by atoms with van der Waals surface area (Å²) >= 11 is 0. The molecule has 13 heteroatoms. The Morgan fingerprint density at radius 3 is 2.62 bits per heavy atom. The van der Waals surface area contributed by atoms with Crippen molar-refractivity contribution < 1.29 is 28.3 Å². The molecule has 1 aromatic carbocycles. The molecule has 3 rings (SSSR count). The van der Waals surface area contributed by atoms with Crippen molar-refractivity contribution in [3.63, 3.8) is 0 Å². The molecule has 0 amide bonds. The number of hydrogen-bond donors (Lipinski definition) is 3. The number of phenolic OH excluding ortho intramolecular Hbond substituents is 2. The molecule has 1 aromatic heterocycles. The van der Waals surface area contributed by atoms with Crippen LogP contribution in [0.5, 0.6) is 11.5 Å². The van der Waals surface area contributed by atoms with Crippen LogP contribution in [-0.2, 0) is 6.18 Å². The number of aromatic hydroxyl groups is 2. The minimum Gasteiger partial charge on any atom is -0.508 e. The number of rotatable bonds is 1. The molecule has 0 saturated carbocycles. The number of nitrogens with zero attached hydrogens (tertiary/aromatic N) is 5. The Morgan fingerprint density at radius 1 is 1.33 bits per heavy atom. The summed E-state index contributed by atoms with van der Waals surface area (Å²) in [5, 5.41) is 37.0. The van der Waals surface area contributed by atoms with Crippen LogP contribution in [0.15, 0.2) is 23.3 Å². The van der Waals surface area contributed by atoms with Crippen LogP contribution in [-0.4, -0.2) is 35.7 Å². The van der Waals surface area contributed by atoms with Crippen molar-refractivity contribution in [2.45, 2.75) is 12.2 Å². The fraction of sp³-hybridized carbons (Fsp3) is 0.182. The van der Waals surface area contributed by atoms with Gasteiger partial charge in [-0.15, -0.1) is 10.5 Å². The SMILES string of the molecule is O=[N+]([O-])C1=NNc2nc(C(F)(F)F)nn2C1c1ccc(O)cc1O. The van der Waals surface area contributed by atoms with Crippen LogP contribution in [0.4, 0.5) is 19.1 Å². The van der Waals surface area contributed by atoms with Crippen LogP contribution < -0.4 is 5.43 Å². The smallest absolute Gasteiger partial charge is 0.453 e. The first-order valence-electron chi connectivity index (χ1n) is 6.22. The Balaban J connectivity index is 2.19. The lowest BCUT2D eigenvalue weighted by atomic mass is 10.0. The van der Waals surface area contributed by atoms with Crippen molar-refractivity contribution in [3.8, 4) is 11.5 Å². The zero-order chi connectivity index (χ0) is 17.6. The van der Waals surface area contributed by atoms with Crippen molar-refractivity contribution >= 4 is 11.8 Å². The van der Waals surface area contributed by atoms with Gasteiger partial charge in [0, 0.05) is 11.6 Å². The number of hydrazone groups is 1. The summed E-state index contributed by atoms with van der Waals surface area (Å²) in [5.41, 5.74) is 1.85. The number of benzene rings is 1. The molecule has 1 aliphatic rings. The maximum absolute atomic E-state index is 12.8. The van der Waals surface area contributed by atoms with E-state index in [9.17, 15) is 33.5 Å². The maximum atomic E-state index is 12.8. The predicted octanol–water partition coefficient (Wildman–Crippen LogP) is 1.31. The summed E-state index contributed by atoms with van der Waals surface area (Å²) in [6, 6.07) is 1.53. The molecule has 0 bridgehead atoms.